The van der Waals surface area contributed by atoms with Crippen LogP contribution in [0.4, 0.5) is 0 Å². The van der Waals surface area contributed by atoms with E-state index in [4.69, 9.17) is 4.74 Å². The highest BCUT2D eigenvalue weighted by Gasteiger charge is 2.23. The second-order valence-electron chi connectivity index (χ2n) is 2.28. The van der Waals surface area contributed by atoms with Crippen molar-refractivity contribution >= 4 is 0 Å². The van der Waals surface area contributed by atoms with Crippen molar-refractivity contribution in [3.8, 4) is 0 Å². The van der Waals surface area contributed by atoms with Gasteiger partial charge in [-0.05, 0) is 0 Å². The molecule has 2 nitrogen and oxygen atoms in total. The topological polar surface area (TPSA) is 21.3 Å². The third-order valence-corrected chi connectivity index (χ3v) is 1.68. The Balaban J connectivity index is 2.18. The summed E-state index contributed by atoms with van der Waals surface area (Å²) in [7, 11) is 0. The first-order chi connectivity index (χ1) is 4.47. The number of nitrogens with one attached hydrogen (secondary N) is 1. The van der Waals surface area contributed by atoms with Crippen LogP contribution in [-0.2, 0) is 4.74 Å². The van der Waals surface area contributed by atoms with Gasteiger partial charge in [-0.25, -0.2) is 0 Å². The third-order valence-electron chi connectivity index (χ3n) is 1.68. The van der Waals surface area contributed by atoms with Crippen LogP contribution in [0.15, 0.2) is 24.3 Å². The zero-order valence-electron chi connectivity index (χ0n) is 5.08. The molecular formula is C7H9NO. The first-order valence-electron chi connectivity index (χ1n) is 3.17. The number of ether oxygens (including phenoxy) is 1. The highest BCUT2D eigenvalue weighted by Crippen LogP contribution is 2.12. The van der Waals surface area contributed by atoms with E-state index in [9.17, 15) is 0 Å². The number of hydrogen-bond donors (Lipinski definition) is 1. The Hall–Kier alpha value is -0.600. The molecule has 0 aromatic rings. The molecule has 1 aliphatic heterocycles. The van der Waals surface area contributed by atoms with Crippen LogP contribution < -0.4 is 5.32 Å². The number of fused-ring (bicyclic) bond motifs is 1. The van der Waals surface area contributed by atoms with E-state index in [1.165, 1.54) is 0 Å². The van der Waals surface area contributed by atoms with E-state index in [2.05, 4.69) is 17.5 Å². The molecule has 0 radical (unpaired) electrons. The Morgan fingerprint density at radius 1 is 1.33 bits per heavy atom. The maximum absolute atomic E-state index is 5.31. The quantitative estimate of drug-likeness (QED) is 0.504. The van der Waals surface area contributed by atoms with Gasteiger partial charge in [0.2, 0.25) is 0 Å². The van der Waals surface area contributed by atoms with E-state index in [0.29, 0.717) is 12.8 Å². The molecule has 0 spiro atoms. The molecule has 1 aliphatic carbocycles. The van der Waals surface area contributed by atoms with Gasteiger partial charge in [-0.2, -0.15) is 0 Å². The number of allylic oxidation sites excluding steroid dienone is 2. The van der Waals surface area contributed by atoms with E-state index >= 15 is 0 Å². The first-order valence-corrected chi connectivity index (χ1v) is 3.17. The fourth-order valence-electron chi connectivity index (χ4n) is 1.17. The van der Waals surface area contributed by atoms with E-state index in [1.807, 2.05) is 12.2 Å². The lowest BCUT2D eigenvalue weighted by Crippen LogP contribution is -2.27. The van der Waals surface area contributed by atoms with Crippen molar-refractivity contribution in [1.29, 1.82) is 0 Å². The summed E-state index contributed by atoms with van der Waals surface area (Å²) in [6.07, 6.45) is 8.55. The van der Waals surface area contributed by atoms with Crippen molar-refractivity contribution in [3.05, 3.63) is 24.3 Å². The Bertz CT molecular complexity index is 144. The highest BCUT2D eigenvalue weighted by atomic mass is 16.5. The van der Waals surface area contributed by atoms with Crippen molar-refractivity contribution in [3.63, 3.8) is 0 Å². The summed E-state index contributed by atoms with van der Waals surface area (Å²) in [5.41, 5.74) is 0. The average Bonchev–Trinajstić information content (AvgIpc) is 2.33. The molecule has 1 heterocycles. The van der Waals surface area contributed by atoms with Crippen molar-refractivity contribution in [2.45, 2.75) is 12.1 Å². The summed E-state index contributed by atoms with van der Waals surface area (Å²) in [4.78, 5) is 0. The van der Waals surface area contributed by atoms with E-state index in [1.54, 1.807) is 0 Å². The fraction of sp³-hybridized carbons (Fsp3) is 0.429. The molecule has 2 rings (SSSR count). The van der Waals surface area contributed by atoms with Crippen LogP contribution in [0.3, 0.4) is 0 Å². The molecular weight excluding hydrogens is 114 g/mol. The smallest absolute Gasteiger partial charge is 0.0979 e. The van der Waals surface area contributed by atoms with Gasteiger partial charge in [-0.15, -0.1) is 0 Å². The van der Waals surface area contributed by atoms with Gasteiger partial charge in [0.1, 0.15) is 0 Å². The molecule has 48 valence electrons. The summed E-state index contributed by atoms with van der Waals surface area (Å²) in [5, 5.41) is 3.20. The molecule has 0 aromatic carbocycles. The molecule has 2 unspecified atom stereocenters. The van der Waals surface area contributed by atoms with Gasteiger partial charge in [0.05, 0.1) is 18.9 Å². The lowest BCUT2D eigenvalue weighted by molar-refractivity contribution is 0.140. The molecule has 1 saturated heterocycles. The predicted octanol–water partition coefficient (Wildman–Crippen LogP) is 0.427. The minimum atomic E-state index is 0.287. The summed E-state index contributed by atoms with van der Waals surface area (Å²) in [6.45, 7) is 0.685. The molecule has 2 atom stereocenters. The average molecular weight is 123 g/mol. The first kappa shape index (κ1) is 5.21. The van der Waals surface area contributed by atoms with Crippen LogP contribution >= 0.6 is 0 Å². The Morgan fingerprint density at radius 2 is 2.22 bits per heavy atom. The van der Waals surface area contributed by atoms with Crippen molar-refractivity contribution < 1.29 is 4.74 Å². The van der Waals surface area contributed by atoms with Crippen molar-refractivity contribution in [1.82, 2.24) is 5.32 Å². The Labute approximate surface area is 54.2 Å². The van der Waals surface area contributed by atoms with E-state index in [0.717, 1.165) is 0 Å². The minimum absolute atomic E-state index is 0.287. The van der Waals surface area contributed by atoms with Crippen LogP contribution in [0.5, 0.6) is 0 Å². The standard InChI is InChI=1S/C7H9NO/c1-2-4-7-6(3-1)8-5-9-7/h1-4,6-8H,5H2. The minimum Gasteiger partial charge on any atom is -0.357 e. The molecule has 1 N–H and O–H groups in total. The number of rotatable bonds is 0. The lowest BCUT2D eigenvalue weighted by Gasteiger charge is -2.11. The predicted molar refractivity (Wildman–Crippen MR) is 34.9 cm³/mol. The van der Waals surface area contributed by atoms with Gasteiger partial charge in [0.15, 0.2) is 0 Å². The maximum atomic E-state index is 5.31. The van der Waals surface area contributed by atoms with E-state index in [-0.39, 0.29) is 6.10 Å². The second kappa shape index (κ2) is 1.97. The van der Waals surface area contributed by atoms with Gasteiger partial charge in [0, 0.05) is 0 Å². The number of hydrogen-bond acceptors (Lipinski definition) is 2. The summed E-state index contributed by atoms with van der Waals surface area (Å²) < 4.78 is 5.31. The molecule has 0 aromatic heterocycles. The summed E-state index contributed by atoms with van der Waals surface area (Å²) in [5.74, 6) is 0. The molecule has 2 aliphatic rings. The lowest BCUT2D eigenvalue weighted by atomic mass is 10.1. The van der Waals surface area contributed by atoms with Gasteiger partial charge >= 0.3 is 0 Å². The third kappa shape index (κ3) is 0.802. The monoisotopic (exact) mass is 123 g/mol. The Kier molecular flexibility index (Phi) is 1.14. The zero-order chi connectivity index (χ0) is 6.10. The highest BCUT2D eigenvalue weighted by molar-refractivity contribution is 5.19. The molecule has 2 heteroatoms. The fourth-order valence-corrected chi connectivity index (χ4v) is 1.17. The van der Waals surface area contributed by atoms with Gasteiger partial charge in [-0.3, -0.25) is 5.32 Å². The van der Waals surface area contributed by atoms with Gasteiger partial charge < -0.3 is 4.74 Å². The normalized spacial score (nSPS) is 39.1. The van der Waals surface area contributed by atoms with Crippen LogP contribution in [0, 0.1) is 0 Å². The van der Waals surface area contributed by atoms with Crippen LogP contribution in [0.1, 0.15) is 0 Å². The van der Waals surface area contributed by atoms with E-state index < -0.39 is 0 Å². The van der Waals surface area contributed by atoms with Crippen LogP contribution in [-0.4, -0.2) is 18.9 Å². The largest absolute Gasteiger partial charge is 0.357 e. The van der Waals surface area contributed by atoms with Crippen molar-refractivity contribution in [2.75, 3.05) is 6.73 Å². The van der Waals surface area contributed by atoms with Crippen molar-refractivity contribution in [2.24, 2.45) is 0 Å². The van der Waals surface area contributed by atoms with Crippen LogP contribution in [0.25, 0.3) is 0 Å². The molecule has 0 amide bonds. The molecule has 9 heavy (non-hydrogen) atoms. The van der Waals surface area contributed by atoms with Gasteiger partial charge in [-0.1, -0.05) is 24.3 Å². The molecule has 0 bridgehead atoms. The summed E-state index contributed by atoms with van der Waals surface area (Å²) in [6, 6.07) is 0.426. The molecule has 1 fully saturated rings. The molecule has 0 saturated carbocycles. The zero-order valence-corrected chi connectivity index (χ0v) is 5.08. The maximum Gasteiger partial charge on any atom is 0.0979 e. The SMILES string of the molecule is C1=CC2NCOC2C=C1. The van der Waals surface area contributed by atoms with Crippen LogP contribution in [0.2, 0.25) is 0 Å². The second-order valence-corrected chi connectivity index (χ2v) is 2.28. The Morgan fingerprint density at radius 3 is 3.11 bits per heavy atom. The van der Waals surface area contributed by atoms with Gasteiger partial charge in [0.25, 0.3) is 0 Å². The summed E-state index contributed by atoms with van der Waals surface area (Å²) >= 11 is 0.